The summed E-state index contributed by atoms with van der Waals surface area (Å²) in [4.78, 5) is 2.50. The fraction of sp³-hybridized carbons (Fsp3) is 0.571. The molecule has 16 heavy (non-hydrogen) atoms. The average Bonchev–Trinajstić information content (AvgIpc) is 2.73. The molecule has 1 aliphatic rings. The minimum atomic E-state index is 0.387. The molecule has 2 nitrogen and oxygen atoms in total. The number of benzene rings is 1. The van der Waals surface area contributed by atoms with Gasteiger partial charge in [-0.15, -0.1) is 0 Å². The largest absolute Gasteiger partial charge is 0.371 e. The molecule has 0 amide bonds. The molecule has 1 aromatic rings. The number of fused-ring (bicyclic) bond motifs is 1. The Morgan fingerprint density at radius 2 is 2.19 bits per heavy atom. The van der Waals surface area contributed by atoms with Crippen LogP contribution in [0, 0.1) is 0 Å². The highest BCUT2D eigenvalue weighted by Crippen LogP contribution is 2.27. The molecule has 0 saturated heterocycles. The zero-order valence-corrected chi connectivity index (χ0v) is 10.2. The van der Waals surface area contributed by atoms with Crippen LogP contribution in [0.1, 0.15) is 31.7 Å². The van der Waals surface area contributed by atoms with E-state index in [1.54, 1.807) is 0 Å². The van der Waals surface area contributed by atoms with Crippen LogP contribution in [-0.2, 0) is 6.42 Å². The average molecular weight is 218 g/mol. The van der Waals surface area contributed by atoms with E-state index < -0.39 is 0 Å². The second-order valence-electron chi connectivity index (χ2n) is 4.68. The van der Waals surface area contributed by atoms with Gasteiger partial charge in [-0.25, -0.2) is 0 Å². The fourth-order valence-electron chi connectivity index (χ4n) is 2.39. The van der Waals surface area contributed by atoms with Crippen LogP contribution in [0.5, 0.6) is 0 Å². The molecule has 0 fully saturated rings. The minimum absolute atomic E-state index is 0.387. The van der Waals surface area contributed by atoms with Gasteiger partial charge in [0, 0.05) is 24.8 Å². The second kappa shape index (κ2) is 5.35. The van der Waals surface area contributed by atoms with Crippen LogP contribution in [0.25, 0.3) is 0 Å². The second-order valence-corrected chi connectivity index (χ2v) is 4.68. The summed E-state index contributed by atoms with van der Waals surface area (Å²) in [5.41, 5.74) is 8.87. The maximum Gasteiger partial charge on any atom is 0.0399 e. The Hall–Kier alpha value is -1.02. The van der Waals surface area contributed by atoms with Crippen molar-refractivity contribution in [3.63, 3.8) is 0 Å². The van der Waals surface area contributed by atoms with Gasteiger partial charge in [-0.2, -0.15) is 0 Å². The minimum Gasteiger partial charge on any atom is -0.371 e. The molecule has 0 saturated carbocycles. The number of rotatable bonds is 5. The van der Waals surface area contributed by atoms with Crippen LogP contribution in [0.4, 0.5) is 5.69 Å². The van der Waals surface area contributed by atoms with Crippen LogP contribution < -0.4 is 10.6 Å². The molecule has 0 spiro atoms. The molecule has 0 aliphatic carbocycles. The molecular weight excluding hydrogens is 196 g/mol. The third-order valence-corrected chi connectivity index (χ3v) is 3.51. The van der Waals surface area contributed by atoms with E-state index in [-0.39, 0.29) is 0 Å². The Labute approximate surface area is 98.4 Å². The van der Waals surface area contributed by atoms with Crippen molar-refractivity contribution in [2.24, 2.45) is 5.73 Å². The van der Waals surface area contributed by atoms with E-state index in [1.165, 1.54) is 30.6 Å². The number of anilines is 1. The van der Waals surface area contributed by atoms with E-state index in [0.717, 1.165) is 19.4 Å². The zero-order chi connectivity index (χ0) is 11.4. The first-order chi connectivity index (χ1) is 7.81. The van der Waals surface area contributed by atoms with Crippen molar-refractivity contribution in [3.05, 3.63) is 29.8 Å². The van der Waals surface area contributed by atoms with Crippen molar-refractivity contribution in [1.82, 2.24) is 0 Å². The van der Waals surface area contributed by atoms with Gasteiger partial charge < -0.3 is 10.6 Å². The van der Waals surface area contributed by atoms with Crippen molar-refractivity contribution in [3.8, 4) is 0 Å². The summed E-state index contributed by atoms with van der Waals surface area (Å²) in [6, 6.07) is 9.14. The summed E-state index contributed by atoms with van der Waals surface area (Å²) in [5, 5.41) is 0. The van der Waals surface area contributed by atoms with Gasteiger partial charge in [0.25, 0.3) is 0 Å². The molecule has 1 aromatic carbocycles. The van der Waals surface area contributed by atoms with Crippen molar-refractivity contribution in [1.29, 1.82) is 0 Å². The molecule has 2 heteroatoms. The molecule has 1 heterocycles. The standard InChI is InChI=1S/C14H22N2/c1-2-13(15)7-5-10-16-11-9-12-6-3-4-8-14(12)16/h3-4,6,8,13H,2,5,7,9-11,15H2,1H3. The highest BCUT2D eigenvalue weighted by Gasteiger charge is 2.17. The van der Waals surface area contributed by atoms with Crippen LogP contribution in [0.3, 0.4) is 0 Å². The molecule has 1 atom stereocenters. The fourth-order valence-corrected chi connectivity index (χ4v) is 2.39. The molecule has 1 aliphatic heterocycles. The Bertz CT molecular complexity index is 335. The van der Waals surface area contributed by atoms with E-state index in [0.29, 0.717) is 6.04 Å². The predicted molar refractivity (Wildman–Crippen MR) is 69.9 cm³/mol. The van der Waals surface area contributed by atoms with E-state index >= 15 is 0 Å². The molecule has 0 aromatic heterocycles. The van der Waals surface area contributed by atoms with Gasteiger partial charge in [0.2, 0.25) is 0 Å². The maximum atomic E-state index is 5.93. The first-order valence-electron chi connectivity index (χ1n) is 6.39. The quantitative estimate of drug-likeness (QED) is 0.823. The van der Waals surface area contributed by atoms with Gasteiger partial charge in [-0.1, -0.05) is 25.1 Å². The van der Waals surface area contributed by atoms with E-state index in [1.807, 2.05) is 0 Å². The molecule has 0 bridgehead atoms. The summed E-state index contributed by atoms with van der Waals surface area (Å²) in [6.07, 6.45) is 4.66. The summed E-state index contributed by atoms with van der Waals surface area (Å²) >= 11 is 0. The third-order valence-electron chi connectivity index (χ3n) is 3.51. The van der Waals surface area contributed by atoms with E-state index in [9.17, 15) is 0 Å². The molecular formula is C14H22N2. The molecule has 2 rings (SSSR count). The lowest BCUT2D eigenvalue weighted by Crippen LogP contribution is -2.25. The maximum absolute atomic E-state index is 5.93. The van der Waals surface area contributed by atoms with E-state index in [2.05, 4.69) is 36.1 Å². The van der Waals surface area contributed by atoms with Gasteiger partial charge in [-0.3, -0.25) is 0 Å². The lowest BCUT2D eigenvalue weighted by Gasteiger charge is -2.20. The predicted octanol–water partition coefficient (Wildman–Crippen LogP) is 2.57. The van der Waals surface area contributed by atoms with Crippen molar-refractivity contribution in [2.45, 2.75) is 38.6 Å². The monoisotopic (exact) mass is 218 g/mol. The smallest absolute Gasteiger partial charge is 0.0399 e. The highest BCUT2D eigenvalue weighted by molar-refractivity contribution is 5.57. The van der Waals surface area contributed by atoms with Crippen LogP contribution in [0.15, 0.2) is 24.3 Å². The van der Waals surface area contributed by atoms with Gasteiger partial charge in [0.05, 0.1) is 0 Å². The number of para-hydroxylation sites is 1. The SMILES string of the molecule is CCC(N)CCCN1CCc2ccccc21. The van der Waals surface area contributed by atoms with Crippen LogP contribution in [0.2, 0.25) is 0 Å². The number of nitrogens with zero attached hydrogens (tertiary/aromatic N) is 1. The molecule has 88 valence electrons. The number of nitrogens with two attached hydrogens (primary N) is 1. The van der Waals surface area contributed by atoms with Crippen LogP contribution in [-0.4, -0.2) is 19.1 Å². The Balaban J connectivity index is 1.84. The van der Waals surface area contributed by atoms with Gasteiger partial charge in [0.15, 0.2) is 0 Å². The zero-order valence-electron chi connectivity index (χ0n) is 10.2. The lowest BCUT2D eigenvalue weighted by molar-refractivity contribution is 0.564. The summed E-state index contributed by atoms with van der Waals surface area (Å²) in [7, 11) is 0. The summed E-state index contributed by atoms with van der Waals surface area (Å²) in [5.74, 6) is 0. The highest BCUT2D eigenvalue weighted by atomic mass is 15.1. The van der Waals surface area contributed by atoms with Crippen molar-refractivity contribution in [2.75, 3.05) is 18.0 Å². The van der Waals surface area contributed by atoms with Crippen LogP contribution >= 0.6 is 0 Å². The summed E-state index contributed by atoms with van der Waals surface area (Å²) < 4.78 is 0. The topological polar surface area (TPSA) is 29.3 Å². The van der Waals surface area contributed by atoms with Crippen molar-refractivity contribution < 1.29 is 0 Å². The molecule has 0 radical (unpaired) electrons. The lowest BCUT2D eigenvalue weighted by atomic mass is 10.1. The molecule has 2 N–H and O–H groups in total. The number of hydrogen-bond donors (Lipinski definition) is 1. The van der Waals surface area contributed by atoms with Gasteiger partial charge >= 0.3 is 0 Å². The number of hydrogen-bond acceptors (Lipinski definition) is 2. The third kappa shape index (κ3) is 2.56. The summed E-state index contributed by atoms with van der Waals surface area (Å²) in [6.45, 7) is 4.50. The van der Waals surface area contributed by atoms with Gasteiger partial charge in [-0.05, 0) is 37.3 Å². The first-order valence-corrected chi connectivity index (χ1v) is 6.39. The van der Waals surface area contributed by atoms with E-state index in [4.69, 9.17) is 5.73 Å². The Morgan fingerprint density at radius 3 is 3.00 bits per heavy atom. The van der Waals surface area contributed by atoms with Gasteiger partial charge in [0.1, 0.15) is 0 Å². The Morgan fingerprint density at radius 1 is 1.38 bits per heavy atom. The Kier molecular flexibility index (Phi) is 3.83. The first kappa shape index (κ1) is 11.5. The molecule has 1 unspecified atom stereocenters. The van der Waals surface area contributed by atoms with Crippen molar-refractivity contribution >= 4 is 5.69 Å². The normalized spacial score (nSPS) is 16.2.